The topological polar surface area (TPSA) is 128 Å². The fraction of sp³-hybridized carbons (Fsp3) is 0.261. The number of nitrogens with two attached hydrogens (primary N) is 1. The summed E-state index contributed by atoms with van der Waals surface area (Å²) in [5.41, 5.74) is 9.89. The largest absolute Gasteiger partial charge is 0.378 e. The third-order valence-electron chi connectivity index (χ3n) is 5.61. The van der Waals surface area contributed by atoms with Crippen LogP contribution in [-0.2, 0) is 14.6 Å². The number of nitrogen functional groups attached to an aromatic ring is 1. The van der Waals surface area contributed by atoms with Gasteiger partial charge in [0, 0.05) is 25.0 Å². The molecule has 5 rings (SSSR count). The smallest absolute Gasteiger partial charge is 0.224 e. The Balaban J connectivity index is 1.71. The van der Waals surface area contributed by atoms with Crippen molar-refractivity contribution < 1.29 is 13.2 Å². The van der Waals surface area contributed by atoms with Gasteiger partial charge >= 0.3 is 0 Å². The number of anilines is 4. The highest BCUT2D eigenvalue weighted by Crippen LogP contribution is 2.32. The van der Waals surface area contributed by atoms with Crippen molar-refractivity contribution in [2.75, 3.05) is 48.5 Å². The highest BCUT2D eigenvalue weighted by atomic mass is 32.2. The lowest BCUT2D eigenvalue weighted by molar-refractivity contribution is 0.122. The van der Waals surface area contributed by atoms with Crippen molar-refractivity contribution in [2.45, 2.75) is 11.8 Å². The summed E-state index contributed by atoms with van der Waals surface area (Å²) in [5.74, 6) is 1.29. The average molecular weight is 480 g/mol. The maximum Gasteiger partial charge on any atom is 0.224 e. The van der Waals surface area contributed by atoms with Crippen LogP contribution in [0.15, 0.2) is 53.4 Å². The number of hydrogen-bond donors (Lipinski definition) is 2. The van der Waals surface area contributed by atoms with Crippen molar-refractivity contribution in [3.8, 4) is 5.69 Å². The second-order valence-electron chi connectivity index (χ2n) is 8.21. The zero-order valence-electron chi connectivity index (χ0n) is 18.9. The Morgan fingerprint density at radius 3 is 2.44 bits per heavy atom. The van der Waals surface area contributed by atoms with Crippen molar-refractivity contribution in [1.82, 2.24) is 19.5 Å². The molecule has 0 bridgehead atoms. The van der Waals surface area contributed by atoms with Gasteiger partial charge in [-0.25, -0.2) is 13.4 Å². The first-order chi connectivity index (χ1) is 16.3. The summed E-state index contributed by atoms with van der Waals surface area (Å²) in [7, 11) is -3.33. The van der Waals surface area contributed by atoms with E-state index in [9.17, 15) is 8.42 Å². The van der Waals surface area contributed by atoms with E-state index in [-0.39, 0.29) is 10.8 Å². The van der Waals surface area contributed by atoms with E-state index in [4.69, 9.17) is 15.5 Å². The molecule has 1 aliphatic heterocycles. The lowest BCUT2D eigenvalue weighted by atomic mass is 10.2. The van der Waals surface area contributed by atoms with Gasteiger partial charge in [0.1, 0.15) is 0 Å². The van der Waals surface area contributed by atoms with E-state index in [1.165, 1.54) is 6.26 Å². The zero-order valence-corrected chi connectivity index (χ0v) is 19.7. The summed E-state index contributed by atoms with van der Waals surface area (Å²) >= 11 is 0. The molecule has 1 saturated heterocycles. The predicted octanol–water partition coefficient (Wildman–Crippen LogP) is 2.69. The molecule has 1 aliphatic rings. The van der Waals surface area contributed by atoms with E-state index in [1.54, 1.807) is 24.3 Å². The van der Waals surface area contributed by atoms with Gasteiger partial charge in [0.05, 0.1) is 23.8 Å². The maximum atomic E-state index is 12.0. The fourth-order valence-electron chi connectivity index (χ4n) is 3.98. The summed E-state index contributed by atoms with van der Waals surface area (Å²) in [6, 6.07) is 14.5. The van der Waals surface area contributed by atoms with Crippen molar-refractivity contribution in [2.24, 2.45) is 0 Å². The van der Waals surface area contributed by atoms with Gasteiger partial charge in [-0.3, -0.25) is 4.57 Å². The average Bonchev–Trinajstić information content (AvgIpc) is 3.16. The molecule has 2 aromatic heterocycles. The molecule has 3 heterocycles. The number of aryl methyl sites for hydroxylation is 1. The van der Waals surface area contributed by atoms with Crippen LogP contribution in [0, 0.1) is 6.92 Å². The third kappa shape index (κ3) is 4.27. The minimum atomic E-state index is -3.33. The van der Waals surface area contributed by atoms with Crippen molar-refractivity contribution in [3.63, 3.8) is 0 Å². The Morgan fingerprint density at radius 2 is 1.76 bits per heavy atom. The molecule has 0 atom stereocenters. The van der Waals surface area contributed by atoms with Gasteiger partial charge in [0.15, 0.2) is 26.8 Å². The van der Waals surface area contributed by atoms with E-state index in [0.717, 1.165) is 11.3 Å². The van der Waals surface area contributed by atoms with Crippen molar-refractivity contribution in [1.29, 1.82) is 0 Å². The molecule has 0 unspecified atom stereocenters. The Hall–Kier alpha value is -3.70. The van der Waals surface area contributed by atoms with Crippen LogP contribution in [0.25, 0.3) is 16.9 Å². The fourth-order valence-corrected chi connectivity index (χ4v) is 4.61. The van der Waals surface area contributed by atoms with Crippen LogP contribution < -0.4 is 16.0 Å². The van der Waals surface area contributed by atoms with E-state index in [0.29, 0.717) is 54.9 Å². The Bertz CT molecular complexity index is 1460. The van der Waals surface area contributed by atoms with Crippen LogP contribution in [0.1, 0.15) is 5.56 Å². The zero-order chi connectivity index (χ0) is 23.9. The molecule has 11 heteroatoms. The molecular formula is C23H25N7O3S. The lowest BCUT2D eigenvalue weighted by Gasteiger charge is -2.27. The highest BCUT2D eigenvalue weighted by Gasteiger charge is 2.23. The second-order valence-corrected chi connectivity index (χ2v) is 10.2. The first-order valence-electron chi connectivity index (χ1n) is 10.8. The van der Waals surface area contributed by atoms with Crippen LogP contribution in [0.4, 0.5) is 23.4 Å². The minimum absolute atomic E-state index is 0.130. The molecule has 3 N–H and O–H groups in total. The molecule has 1 fully saturated rings. The Morgan fingerprint density at radius 1 is 1.03 bits per heavy atom. The molecule has 10 nitrogen and oxygen atoms in total. The first kappa shape index (κ1) is 22.1. The van der Waals surface area contributed by atoms with Gasteiger partial charge in [-0.15, -0.1) is 0 Å². The normalized spacial score (nSPS) is 14.5. The monoisotopic (exact) mass is 479 g/mol. The molecule has 34 heavy (non-hydrogen) atoms. The summed E-state index contributed by atoms with van der Waals surface area (Å²) in [6.07, 6.45) is 1.18. The predicted molar refractivity (Wildman–Crippen MR) is 132 cm³/mol. The van der Waals surface area contributed by atoms with E-state index < -0.39 is 9.84 Å². The van der Waals surface area contributed by atoms with Crippen LogP contribution >= 0.6 is 0 Å². The summed E-state index contributed by atoms with van der Waals surface area (Å²) < 4.78 is 31.2. The number of morpholine rings is 1. The molecule has 4 aromatic rings. The number of nitrogens with zero attached hydrogens (tertiary/aromatic N) is 5. The molecule has 2 aromatic carbocycles. The van der Waals surface area contributed by atoms with Crippen LogP contribution in [0.3, 0.4) is 0 Å². The van der Waals surface area contributed by atoms with Gasteiger partial charge in [-0.1, -0.05) is 12.1 Å². The number of benzene rings is 2. The summed E-state index contributed by atoms with van der Waals surface area (Å²) in [5, 5.41) is 3.38. The van der Waals surface area contributed by atoms with Crippen LogP contribution in [-0.4, -0.2) is 60.5 Å². The molecule has 0 amide bonds. The molecule has 0 saturated carbocycles. The molecule has 0 radical (unpaired) electrons. The van der Waals surface area contributed by atoms with Crippen LogP contribution in [0.2, 0.25) is 0 Å². The second kappa shape index (κ2) is 8.58. The molecule has 176 valence electrons. The van der Waals surface area contributed by atoms with Gasteiger partial charge in [-0.05, 0) is 48.9 Å². The van der Waals surface area contributed by atoms with Gasteiger partial charge in [0.25, 0.3) is 0 Å². The van der Waals surface area contributed by atoms with Crippen molar-refractivity contribution in [3.05, 3.63) is 54.1 Å². The van der Waals surface area contributed by atoms with E-state index in [2.05, 4.69) is 20.2 Å². The summed E-state index contributed by atoms with van der Waals surface area (Å²) in [4.78, 5) is 16.2. The number of hydrogen-bond acceptors (Lipinski definition) is 9. The quantitative estimate of drug-likeness (QED) is 0.444. The number of sulfone groups is 1. The van der Waals surface area contributed by atoms with E-state index >= 15 is 0 Å². The maximum absolute atomic E-state index is 12.0. The number of imidazole rings is 1. The first-order valence-corrected chi connectivity index (χ1v) is 12.7. The number of fused-ring (bicyclic) bond motifs is 1. The molecule has 0 spiro atoms. The summed E-state index contributed by atoms with van der Waals surface area (Å²) in [6.45, 7) is 4.53. The lowest BCUT2D eigenvalue weighted by Crippen LogP contribution is -2.37. The standard InChI is InChI=1S/C23H25N7O3S/c1-15-4-3-5-16(14-15)25-23-26-19-20(29-10-12-33-13-11-29)27-22(24)28-21(19)30(23)17-6-8-18(9-7-17)34(2,31)32/h3-9,14H,10-13H2,1-2H3,(H,25,26)(H2,24,27,28). The minimum Gasteiger partial charge on any atom is -0.378 e. The SMILES string of the molecule is Cc1cccc(Nc2nc3c(N4CCOCC4)nc(N)nc3n2-c2ccc(S(C)(=O)=O)cc2)c1. The van der Waals surface area contributed by atoms with Gasteiger partial charge < -0.3 is 20.7 Å². The Kier molecular flexibility index (Phi) is 5.58. The third-order valence-corrected chi connectivity index (χ3v) is 6.74. The van der Waals surface area contributed by atoms with Gasteiger partial charge in [-0.2, -0.15) is 9.97 Å². The number of rotatable bonds is 5. The number of ether oxygens (including phenoxy) is 1. The Labute approximate surface area is 197 Å². The number of aromatic nitrogens is 4. The number of nitrogens with one attached hydrogen (secondary N) is 1. The van der Waals surface area contributed by atoms with Crippen molar-refractivity contribution >= 4 is 44.4 Å². The molecular weight excluding hydrogens is 454 g/mol. The van der Waals surface area contributed by atoms with E-state index in [1.807, 2.05) is 35.8 Å². The van der Waals surface area contributed by atoms with Crippen LogP contribution in [0.5, 0.6) is 0 Å². The molecule has 0 aliphatic carbocycles. The van der Waals surface area contributed by atoms with Gasteiger partial charge in [0.2, 0.25) is 11.9 Å². The highest BCUT2D eigenvalue weighted by molar-refractivity contribution is 7.90.